The highest BCUT2D eigenvalue weighted by Crippen LogP contribution is 2.27. The number of hydrogen-bond acceptors (Lipinski definition) is 2. The Morgan fingerprint density at radius 3 is 2.58 bits per heavy atom. The number of rotatable bonds is 3. The van der Waals surface area contributed by atoms with E-state index in [0.29, 0.717) is 5.92 Å². The van der Waals surface area contributed by atoms with Crippen LogP contribution < -0.4 is 5.32 Å². The van der Waals surface area contributed by atoms with Gasteiger partial charge in [-0.05, 0) is 44.0 Å². The van der Waals surface area contributed by atoms with Gasteiger partial charge in [0, 0.05) is 17.2 Å². The standard InChI is InChI=1S/C16H21N3/c1-2-12-3-5-13(6-4-12)15-11-16(19-18-15)14-7-9-17-10-8-14/h3-6,11,14,17H,2,7-10H2,1H3,(H,18,19). The summed E-state index contributed by atoms with van der Waals surface area (Å²) in [7, 11) is 0. The first kappa shape index (κ1) is 12.4. The lowest BCUT2D eigenvalue weighted by Gasteiger charge is -2.20. The molecule has 0 aliphatic carbocycles. The summed E-state index contributed by atoms with van der Waals surface area (Å²) in [6.07, 6.45) is 3.49. The molecule has 2 aromatic rings. The van der Waals surface area contributed by atoms with Crippen LogP contribution in [0.25, 0.3) is 11.3 Å². The van der Waals surface area contributed by atoms with Crippen LogP contribution in [0.5, 0.6) is 0 Å². The number of aromatic amines is 1. The minimum atomic E-state index is 0.636. The molecule has 0 amide bonds. The Morgan fingerprint density at radius 1 is 1.16 bits per heavy atom. The zero-order chi connectivity index (χ0) is 13.1. The zero-order valence-corrected chi connectivity index (χ0v) is 11.4. The summed E-state index contributed by atoms with van der Waals surface area (Å²) in [5.74, 6) is 0.636. The van der Waals surface area contributed by atoms with E-state index in [1.807, 2.05) is 0 Å². The number of nitrogens with zero attached hydrogens (tertiary/aromatic N) is 1. The van der Waals surface area contributed by atoms with Gasteiger partial charge in [-0.3, -0.25) is 5.10 Å². The van der Waals surface area contributed by atoms with Crippen molar-refractivity contribution in [3.63, 3.8) is 0 Å². The molecule has 1 aliphatic heterocycles. The van der Waals surface area contributed by atoms with Crippen molar-refractivity contribution in [1.82, 2.24) is 15.5 Å². The first-order valence-electron chi connectivity index (χ1n) is 7.22. The Bertz CT molecular complexity index is 521. The predicted octanol–water partition coefficient (Wildman–Crippen LogP) is 3.11. The average molecular weight is 255 g/mol. The van der Waals surface area contributed by atoms with Crippen LogP contribution in [0, 0.1) is 0 Å². The molecule has 1 aliphatic rings. The minimum Gasteiger partial charge on any atom is -0.317 e. The van der Waals surface area contributed by atoms with Gasteiger partial charge in [-0.25, -0.2) is 0 Å². The maximum Gasteiger partial charge on any atom is 0.0923 e. The van der Waals surface area contributed by atoms with E-state index >= 15 is 0 Å². The molecule has 0 radical (unpaired) electrons. The van der Waals surface area contributed by atoms with E-state index in [1.165, 1.54) is 29.7 Å². The van der Waals surface area contributed by atoms with Gasteiger partial charge in [-0.1, -0.05) is 31.2 Å². The summed E-state index contributed by atoms with van der Waals surface area (Å²) in [6, 6.07) is 10.9. The number of benzene rings is 1. The molecule has 0 atom stereocenters. The Morgan fingerprint density at radius 2 is 1.89 bits per heavy atom. The van der Waals surface area contributed by atoms with Crippen LogP contribution in [-0.2, 0) is 6.42 Å². The summed E-state index contributed by atoms with van der Waals surface area (Å²) in [5.41, 5.74) is 4.93. The lowest BCUT2D eigenvalue weighted by Crippen LogP contribution is -2.26. The molecule has 1 aromatic heterocycles. The van der Waals surface area contributed by atoms with Gasteiger partial charge in [0.05, 0.1) is 5.69 Å². The first-order valence-corrected chi connectivity index (χ1v) is 7.22. The van der Waals surface area contributed by atoms with Crippen molar-refractivity contribution in [2.45, 2.75) is 32.1 Å². The SMILES string of the molecule is CCc1ccc(-c2cc(C3CCNCC3)[nH]n2)cc1. The highest BCUT2D eigenvalue weighted by Gasteiger charge is 2.17. The molecule has 0 unspecified atom stereocenters. The highest BCUT2D eigenvalue weighted by atomic mass is 15.1. The van der Waals surface area contributed by atoms with Gasteiger partial charge in [-0.15, -0.1) is 0 Å². The Kier molecular flexibility index (Phi) is 3.65. The van der Waals surface area contributed by atoms with E-state index in [4.69, 9.17) is 0 Å². The highest BCUT2D eigenvalue weighted by molar-refractivity contribution is 5.59. The first-order chi connectivity index (χ1) is 9.36. The van der Waals surface area contributed by atoms with Crippen molar-refractivity contribution < 1.29 is 0 Å². The van der Waals surface area contributed by atoms with E-state index in [0.717, 1.165) is 25.2 Å². The fraction of sp³-hybridized carbons (Fsp3) is 0.438. The molecule has 19 heavy (non-hydrogen) atoms. The molecule has 100 valence electrons. The van der Waals surface area contributed by atoms with E-state index in [1.54, 1.807) is 0 Å². The Labute approximate surface area is 114 Å². The van der Waals surface area contributed by atoms with Crippen molar-refractivity contribution in [3.05, 3.63) is 41.6 Å². The Balaban J connectivity index is 1.79. The molecule has 1 aromatic carbocycles. The van der Waals surface area contributed by atoms with E-state index in [9.17, 15) is 0 Å². The second-order valence-corrected chi connectivity index (χ2v) is 5.28. The van der Waals surface area contributed by atoms with Crippen molar-refractivity contribution in [1.29, 1.82) is 0 Å². The average Bonchev–Trinajstić information content (AvgIpc) is 2.98. The fourth-order valence-electron chi connectivity index (χ4n) is 2.74. The molecule has 3 rings (SSSR count). The molecule has 3 heteroatoms. The monoisotopic (exact) mass is 255 g/mol. The van der Waals surface area contributed by atoms with Gasteiger partial charge in [0.2, 0.25) is 0 Å². The van der Waals surface area contributed by atoms with Crippen LogP contribution in [-0.4, -0.2) is 23.3 Å². The molecule has 2 N–H and O–H groups in total. The van der Waals surface area contributed by atoms with Crippen molar-refractivity contribution in [2.75, 3.05) is 13.1 Å². The van der Waals surface area contributed by atoms with Crippen molar-refractivity contribution >= 4 is 0 Å². The van der Waals surface area contributed by atoms with E-state index < -0.39 is 0 Å². The van der Waals surface area contributed by atoms with Crippen LogP contribution in [0.1, 0.15) is 36.9 Å². The second kappa shape index (κ2) is 5.57. The lowest BCUT2D eigenvalue weighted by molar-refractivity contribution is 0.453. The van der Waals surface area contributed by atoms with Gasteiger partial charge in [0.1, 0.15) is 0 Å². The molecule has 0 bridgehead atoms. The van der Waals surface area contributed by atoms with Crippen molar-refractivity contribution in [3.8, 4) is 11.3 Å². The number of aryl methyl sites for hydroxylation is 1. The summed E-state index contributed by atoms with van der Waals surface area (Å²) < 4.78 is 0. The molecule has 0 saturated carbocycles. The molecular formula is C16H21N3. The molecule has 1 fully saturated rings. The summed E-state index contributed by atoms with van der Waals surface area (Å²) in [4.78, 5) is 0. The van der Waals surface area contributed by atoms with Gasteiger partial charge in [0.15, 0.2) is 0 Å². The number of hydrogen-bond donors (Lipinski definition) is 2. The molecule has 2 heterocycles. The topological polar surface area (TPSA) is 40.7 Å². The third-order valence-corrected chi connectivity index (χ3v) is 4.03. The van der Waals surface area contributed by atoms with Crippen LogP contribution >= 0.6 is 0 Å². The number of piperidine rings is 1. The van der Waals surface area contributed by atoms with Gasteiger partial charge < -0.3 is 5.32 Å². The molecule has 1 saturated heterocycles. The van der Waals surface area contributed by atoms with Gasteiger partial charge in [0.25, 0.3) is 0 Å². The maximum absolute atomic E-state index is 4.47. The number of aromatic nitrogens is 2. The number of nitrogens with one attached hydrogen (secondary N) is 2. The third kappa shape index (κ3) is 2.71. The quantitative estimate of drug-likeness (QED) is 0.884. The maximum atomic E-state index is 4.47. The van der Waals surface area contributed by atoms with Crippen molar-refractivity contribution in [2.24, 2.45) is 0 Å². The van der Waals surface area contributed by atoms with Gasteiger partial charge >= 0.3 is 0 Å². The summed E-state index contributed by atoms with van der Waals surface area (Å²) in [5, 5.41) is 11.1. The molecule has 0 spiro atoms. The number of H-pyrrole nitrogens is 1. The molecular weight excluding hydrogens is 234 g/mol. The summed E-state index contributed by atoms with van der Waals surface area (Å²) >= 11 is 0. The van der Waals surface area contributed by atoms with Crippen LogP contribution in [0.2, 0.25) is 0 Å². The fourth-order valence-corrected chi connectivity index (χ4v) is 2.74. The van der Waals surface area contributed by atoms with Crippen LogP contribution in [0.4, 0.5) is 0 Å². The molecule has 3 nitrogen and oxygen atoms in total. The zero-order valence-electron chi connectivity index (χ0n) is 11.4. The van der Waals surface area contributed by atoms with Crippen LogP contribution in [0.3, 0.4) is 0 Å². The minimum absolute atomic E-state index is 0.636. The third-order valence-electron chi connectivity index (χ3n) is 4.03. The normalized spacial score (nSPS) is 16.7. The van der Waals surface area contributed by atoms with E-state index in [2.05, 4.69) is 52.8 Å². The largest absolute Gasteiger partial charge is 0.317 e. The summed E-state index contributed by atoms with van der Waals surface area (Å²) in [6.45, 7) is 4.41. The van der Waals surface area contributed by atoms with Gasteiger partial charge in [-0.2, -0.15) is 5.10 Å². The smallest absolute Gasteiger partial charge is 0.0923 e. The lowest BCUT2D eigenvalue weighted by atomic mass is 9.94. The van der Waals surface area contributed by atoms with Crippen LogP contribution in [0.15, 0.2) is 30.3 Å². The Hall–Kier alpha value is -1.61. The second-order valence-electron chi connectivity index (χ2n) is 5.28. The predicted molar refractivity (Wildman–Crippen MR) is 78.2 cm³/mol. The van der Waals surface area contributed by atoms with E-state index in [-0.39, 0.29) is 0 Å².